The molecule has 0 saturated carbocycles. The van der Waals surface area contributed by atoms with E-state index in [1.807, 2.05) is 18.2 Å². The summed E-state index contributed by atoms with van der Waals surface area (Å²) in [7, 11) is 4.67. The van der Waals surface area contributed by atoms with Crippen LogP contribution in [0, 0.1) is 11.3 Å². The van der Waals surface area contributed by atoms with E-state index in [4.69, 9.17) is 24.0 Å². The summed E-state index contributed by atoms with van der Waals surface area (Å²) < 4.78 is 21.6. The highest BCUT2D eigenvalue weighted by Crippen LogP contribution is 2.42. The summed E-state index contributed by atoms with van der Waals surface area (Å²) in [5.41, 5.74) is 2.27. The SMILES string of the molecule is COc1cc(-c2onc3c(CC#N)cccc23)cc(OC)c1OC. The van der Waals surface area contributed by atoms with Gasteiger partial charge in [0.25, 0.3) is 0 Å². The lowest BCUT2D eigenvalue weighted by Gasteiger charge is -2.13. The first-order valence-corrected chi connectivity index (χ1v) is 7.28. The van der Waals surface area contributed by atoms with Crippen LogP contribution in [0.15, 0.2) is 34.9 Å². The van der Waals surface area contributed by atoms with Gasteiger partial charge in [-0.1, -0.05) is 17.3 Å². The number of hydrogen-bond acceptors (Lipinski definition) is 6. The van der Waals surface area contributed by atoms with E-state index >= 15 is 0 Å². The number of fused-ring (bicyclic) bond motifs is 1. The molecular formula is C18H16N2O4. The number of methoxy groups -OCH3 is 3. The second-order valence-corrected chi connectivity index (χ2v) is 5.07. The van der Waals surface area contributed by atoms with E-state index in [-0.39, 0.29) is 6.42 Å². The second-order valence-electron chi connectivity index (χ2n) is 5.07. The van der Waals surface area contributed by atoms with Crippen LogP contribution in [-0.4, -0.2) is 26.5 Å². The van der Waals surface area contributed by atoms with Gasteiger partial charge in [-0.25, -0.2) is 0 Å². The predicted molar refractivity (Wildman–Crippen MR) is 88.4 cm³/mol. The molecule has 24 heavy (non-hydrogen) atoms. The third-order valence-corrected chi connectivity index (χ3v) is 3.79. The Hall–Kier alpha value is -3.20. The fourth-order valence-electron chi connectivity index (χ4n) is 2.67. The number of aromatic nitrogens is 1. The van der Waals surface area contributed by atoms with Crippen LogP contribution in [0.25, 0.3) is 22.2 Å². The maximum absolute atomic E-state index is 8.94. The molecule has 0 aliphatic carbocycles. The van der Waals surface area contributed by atoms with Gasteiger partial charge in [0.05, 0.1) is 39.2 Å². The summed E-state index contributed by atoms with van der Waals surface area (Å²) in [6, 6.07) is 11.4. The zero-order valence-electron chi connectivity index (χ0n) is 13.6. The van der Waals surface area contributed by atoms with Crippen LogP contribution in [0.3, 0.4) is 0 Å². The maximum Gasteiger partial charge on any atom is 0.203 e. The molecule has 3 rings (SSSR count). The molecule has 0 radical (unpaired) electrons. The van der Waals surface area contributed by atoms with Crippen molar-refractivity contribution in [2.75, 3.05) is 21.3 Å². The predicted octanol–water partition coefficient (Wildman–Crippen LogP) is 3.59. The Morgan fingerprint density at radius 1 is 1.08 bits per heavy atom. The molecule has 122 valence electrons. The van der Waals surface area contributed by atoms with Crippen LogP contribution in [0.2, 0.25) is 0 Å². The van der Waals surface area contributed by atoms with E-state index in [2.05, 4.69) is 11.2 Å². The molecule has 1 aromatic heterocycles. The summed E-state index contributed by atoms with van der Waals surface area (Å²) in [5, 5.41) is 13.9. The average Bonchev–Trinajstić information content (AvgIpc) is 3.05. The van der Waals surface area contributed by atoms with Crippen molar-refractivity contribution in [3.63, 3.8) is 0 Å². The molecule has 6 nitrogen and oxygen atoms in total. The molecule has 0 unspecified atom stereocenters. The van der Waals surface area contributed by atoms with Crippen LogP contribution in [0.5, 0.6) is 17.2 Å². The van der Waals surface area contributed by atoms with Crippen LogP contribution in [-0.2, 0) is 6.42 Å². The Labute approximate surface area is 139 Å². The molecule has 6 heteroatoms. The highest BCUT2D eigenvalue weighted by molar-refractivity contribution is 5.94. The number of nitriles is 1. The number of hydrogen-bond donors (Lipinski definition) is 0. The highest BCUT2D eigenvalue weighted by Gasteiger charge is 2.19. The lowest BCUT2D eigenvalue weighted by molar-refractivity contribution is 0.324. The van der Waals surface area contributed by atoms with Crippen molar-refractivity contribution < 1.29 is 18.7 Å². The minimum Gasteiger partial charge on any atom is -0.493 e. The van der Waals surface area contributed by atoms with E-state index in [0.717, 1.165) is 16.5 Å². The quantitative estimate of drug-likeness (QED) is 0.714. The van der Waals surface area contributed by atoms with Gasteiger partial charge in [0.1, 0.15) is 5.52 Å². The van der Waals surface area contributed by atoms with Crippen LogP contribution in [0.1, 0.15) is 5.56 Å². The van der Waals surface area contributed by atoms with Crippen molar-refractivity contribution in [2.45, 2.75) is 6.42 Å². The average molecular weight is 324 g/mol. The summed E-state index contributed by atoms with van der Waals surface area (Å²) >= 11 is 0. The van der Waals surface area contributed by atoms with Gasteiger partial charge in [-0.15, -0.1) is 0 Å². The van der Waals surface area contributed by atoms with Gasteiger partial charge in [0, 0.05) is 5.56 Å². The molecule has 3 aromatic rings. The van der Waals surface area contributed by atoms with Gasteiger partial charge < -0.3 is 18.7 Å². The number of rotatable bonds is 5. The molecule has 0 amide bonds. The third-order valence-electron chi connectivity index (χ3n) is 3.79. The minimum absolute atomic E-state index is 0.276. The van der Waals surface area contributed by atoms with Crippen molar-refractivity contribution in [1.29, 1.82) is 5.26 Å². The highest BCUT2D eigenvalue weighted by atomic mass is 16.5. The summed E-state index contributed by atoms with van der Waals surface area (Å²) in [6.45, 7) is 0. The minimum atomic E-state index is 0.276. The number of benzene rings is 2. The third kappa shape index (κ3) is 2.50. The zero-order chi connectivity index (χ0) is 17.1. The van der Waals surface area contributed by atoms with Gasteiger partial charge in [-0.05, 0) is 23.8 Å². The number of ether oxygens (including phenoxy) is 3. The smallest absolute Gasteiger partial charge is 0.203 e. The van der Waals surface area contributed by atoms with Crippen molar-refractivity contribution in [1.82, 2.24) is 5.16 Å². The monoisotopic (exact) mass is 324 g/mol. The molecule has 2 aromatic carbocycles. The van der Waals surface area contributed by atoms with E-state index in [0.29, 0.717) is 28.5 Å². The summed E-state index contributed by atoms with van der Waals surface area (Å²) in [6.07, 6.45) is 0.276. The molecule has 0 aliphatic heterocycles. The molecule has 0 spiro atoms. The van der Waals surface area contributed by atoms with Gasteiger partial charge >= 0.3 is 0 Å². The molecule has 0 fully saturated rings. The normalized spacial score (nSPS) is 10.4. The molecular weight excluding hydrogens is 308 g/mol. The van der Waals surface area contributed by atoms with Crippen LogP contribution in [0.4, 0.5) is 0 Å². The molecule has 0 saturated heterocycles. The molecule has 0 bridgehead atoms. The lowest BCUT2D eigenvalue weighted by atomic mass is 10.0. The van der Waals surface area contributed by atoms with Gasteiger partial charge in [-0.3, -0.25) is 0 Å². The fraction of sp³-hybridized carbons (Fsp3) is 0.222. The van der Waals surface area contributed by atoms with Crippen molar-refractivity contribution in [3.8, 4) is 34.6 Å². The second kappa shape index (κ2) is 6.50. The van der Waals surface area contributed by atoms with E-state index in [9.17, 15) is 0 Å². The fourth-order valence-corrected chi connectivity index (χ4v) is 2.67. The first kappa shape index (κ1) is 15.7. The van der Waals surface area contributed by atoms with E-state index in [1.54, 1.807) is 33.5 Å². The molecule has 0 aliphatic rings. The van der Waals surface area contributed by atoms with Crippen molar-refractivity contribution in [3.05, 3.63) is 35.9 Å². The standard InChI is InChI=1S/C18H16N2O4/c1-21-14-9-12(10-15(22-2)18(14)23-3)17-13-6-4-5-11(7-8-19)16(13)20-24-17/h4-6,9-10H,7H2,1-3H3. The van der Waals surface area contributed by atoms with Gasteiger partial charge in [0.2, 0.25) is 5.75 Å². The first-order valence-electron chi connectivity index (χ1n) is 7.28. The van der Waals surface area contributed by atoms with Crippen molar-refractivity contribution in [2.24, 2.45) is 0 Å². The van der Waals surface area contributed by atoms with E-state index < -0.39 is 0 Å². The number of nitrogens with zero attached hydrogens (tertiary/aromatic N) is 2. The van der Waals surface area contributed by atoms with E-state index in [1.165, 1.54) is 0 Å². The van der Waals surface area contributed by atoms with Crippen LogP contribution >= 0.6 is 0 Å². The molecule has 0 N–H and O–H groups in total. The van der Waals surface area contributed by atoms with Gasteiger partial charge in [-0.2, -0.15) is 5.26 Å². The summed E-state index contributed by atoms with van der Waals surface area (Å²) in [5.74, 6) is 2.16. The van der Waals surface area contributed by atoms with Gasteiger partial charge in [0.15, 0.2) is 17.3 Å². The zero-order valence-corrected chi connectivity index (χ0v) is 13.6. The maximum atomic E-state index is 8.94. The summed E-state index contributed by atoms with van der Waals surface area (Å²) in [4.78, 5) is 0. The largest absolute Gasteiger partial charge is 0.493 e. The molecule has 1 heterocycles. The first-order chi connectivity index (χ1) is 11.7. The Kier molecular flexibility index (Phi) is 4.25. The Morgan fingerprint density at radius 3 is 2.38 bits per heavy atom. The topological polar surface area (TPSA) is 77.5 Å². The van der Waals surface area contributed by atoms with Crippen molar-refractivity contribution >= 4 is 10.9 Å². The molecule has 0 atom stereocenters. The van der Waals surface area contributed by atoms with Crippen LogP contribution < -0.4 is 14.2 Å². The Balaban J connectivity index is 2.21. The Bertz CT molecular complexity index is 899. The lowest BCUT2D eigenvalue weighted by Crippen LogP contribution is -1.95. The Morgan fingerprint density at radius 2 is 1.79 bits per heavy atom.